The summed E-state index contributed by atoms with van der Waals surface area (Å²) < 4.78 is 9.77. The number of rotatable bonds is 5. The smallest absolute Gasteiger partial charge is 0.341 e. The van der Waals surface area contributed by atoms with E-state index in [2.05, 4.69) is 10.1 Å². The van der Waals surface area contributed by atoms with Crippen molar-refractivity contribution >= 4 is 29.2 Å². The lowest BCUT2D eigenvalue weighted by atomic mass is 10.2. The fourth-order valence-electron chi connectivity index (χ4n) is 1.69. The number of carbonyl (C=O) groups is 2. The highest BCUT2D eigenvalue weighted by Crippen LogP contribution is 2.21. The van der Waals surface area contributed by atoms with E-state index in [9.17, 15) is 9.59 Å². The first-order valence-corrected chi connectivity index (χ1v) is 6.31. The quantitative estimate of drug-likeness (QED) is 0.825. The van der Waals surface area contributed by atoms with Crippen molar-refractivity contribution in [2.45, 2.75) is 6.54 Å². The number of halogens is 1. The second-order valence-electron chi connectivity index (χ2n) is 4.15. The van der Waals surface area contributed by atoms with Crippen LogP contribution in [0.5, 0.6) is 0 Å². The molecular formula is C14H12ClNO5. The normalized spacial score (nSPS) is 10.2. The molecule has 0 radical (unpaired) electrons. The van der Waals surface area contributed by atoms with E-state index in [4.69, 9.17) is 21.1 Å². The second kappa shape index (κ2) is 6.32. The molecule has 0 saturated carbocycles. The van der Waals surface area contributed by atoms with E-state index in [1.165, 1.54) is 25.5 Å². The van der Waals surface area contributed by atoms with E-state index in [0.29, 0.717) is 17.0 Å². The number of furan rings is 1. The van der Waals surface area contributed by atoms with Gasteiger partial charge >= 0.3 is 11.9 Å². The van der Waals surface area contributed by atoms with Crippen molar-refractivity contribution in [1.29, 1.82) is 0 Å². The Kier molecular flexibility index (Phi) is 4.49. The summed E-state index contributed by atoms with van der Waals surface area (Å²) in [5.74, 6) is -1.07. The first kappa shape index (κ1) is 14.9. The highest BCUT2D eigenvalue weighted by molar-refractivity contribution is 6.33. The van der Waals surface area contributed by atoms with Gasteiger partial charge in [0.05, 0.1) is 29.8 Å². The maximum absolute atomic E-state index is 11.3. The number of methoxy groups -OCH3 is 1. The molecule has 0 aliphatic carbocycles. The van der Waals surface area contributed by atoms with Crippen molar-refractivity contribution in [3.8, 4) is 0 Å². The molecule has 110 valence electrons. The minimum Gasteiger partial charge on any atom is -0.478 e. The number of ether oxygens (including phenoxy) is 1. The molecule has 7 heteroatoms. The standard InChI is InChI=1S/C14H12ClNO5/c1-20-14(19)8-4-10(21-7-8)6-16-9-2-3-12(15)11(5-9)13(17)18/h2-5,7,16H,6H2,1H3,(H,17,18). The van der Waals surface area contributed by atoms with Gasteiger partial charge < -0.3 is 19.6 Å². The van der Waals surface area contributed by atoms with Crippen LogP contribution in [0.4, 0.5) is 5.69 Å². The fourth-order valence-corrected chi connectivity index (χ4v) is 1.88. The molecule has 2 N–H and O–H groups in total. The van der Waals surface area contributed by atoms with Crippen LogP contribution in [0.2, 0.25) is 5.02 Å². The first-order valence-electron chi connectivity index (χ1n) is 5.93. The number of aromatic carboxylic acids is 1. The van der Waals surface area contributed by atoms with Crippen LogP contribution < -0.4 is 5.32 Å². The van der Waals surface area contributed by atoms with Gasteiger partial charge in [-0.05, 0) is 24.3 Å². The molecule has 1 aromatic carbocycles. The van der Waals surface area contributed by atoms with Gasteiger partial charge in [-0.15, -0.1) is 0 Å². The summed E-state index contributed by atoms with van der Waals surface area (Å²) in [5.41, 5.74) is 0.904. The number of carbonyl (C=O) groups excluding carboxylic acids is 1. The van der Waals surface area contributed by atoms with Crippen LogP contribution in [0.1, 0.15) is 26.5 Å². The predicted molar refractivity (Wildman–Crippen MR) is 75.8 cm³/mol. The molecule has 2 aromatic rings. The third-order valence-electron chi connectivity index (χ3n) is 2.74. The number of anilines is 1. The molecule has 0 amide bonds. The van der Waals surface area contributed by atoms with Gasteiger partial charge in [0.1, 0.15) is 12.0 Å². The Hall–Kier alpha value is -2.47. The zero-order valence-corrected chi connectivity index (χ0v) is 11.8. The average molecular weight is 310 g/mol. The van der Waals surface area contributed by atoms with Crippen molar-refractivity contribution in [3.05, 3.63) is 52.4 Å². The molecule has 21 heavy (non-hydrogen) atoms. The Morgan fingerprint density at radius 2 is 2.14 bits per heavy atom. The largest absolute Gasteiger partial charge is 0.478 e. The average Bonchev–Trinajstić information content (AvgIpc) is 2.94. The van der Waals surface area contributed by atoms with Crippen LogP contribution >= 0.6 is 11.6 Å². The number of nitrogens with one attached hydrogen (secondary N) is 1. The van der Waals surface area contributed by atoms with Crippen LogP contribution in [-0.2, 0) is 11.3 Å². The molecule has 0 fully saturated rings. The lowest BCUT2D eigenvalue weighted by Gasteiger charge is -2.06. The lowest BCUT2D eigenvalue weighted by molar-refractivity contribution is 0.0599. The molecule has 1 heterocycles. The topological polar surface area (TPSA) is 88.8 Å². The number of benzene rings is 1. The molecular weight excluding hydrogens is 298 g/mol. The van der Waals surface area contributed by atoms with E-state index in [0.717, 1.165) is 0 Å². The van der Waals surface area contributed by atoms with E-state index in [1.54, 1.807) is 12.1 Å². The van der Waals surface area contributed by atoms with Gasteiger partial charge in [0.2, 0.25) is 0 Å². The summed E-state index contributed by atoms with van der Waals surface area (Å²) in [6, 6.07) is 6.12. The summed E-state index contributed by atoms with van der Waals surface area (Å²) in [6.07, 6.45) is 1.30. The molecule has 0 aliphatic rings. The molecule has 2 rings (SSSR count). The van der Waals surface area contributed by atoms with Crippen molar-refractivity contribution in [3.63, 3.8) is 0 Å². The van der Waals surface area contributed by atoms with Crippen LogP contribution in [0, 0.1) is 0 Å². The summed E-state index contributed by atoms with van der Waals surface area (Å²) in [7, 11) is 1.29. The van der Waals surface area contributed by atoms with Gasteiger partial charge in [0.25, 0.3) is 0 Å². The summed E-state index contributed by atoms with van der Waals surface area (Å²) in [5, 5.41) is 12.1. The SMILES string of the molecule is COC(=O)c1coc(CNc2ccc(Cl)c(C(=O)O)c2)c1. The Morgan fingerprint density at radius 1 is 1.38 bits per heavy atom. The van der Waals surface area contributed by atoms with Crippen LogP contribution in [0.3, 0.4) is 0 Å². The molecule has 1 aromatic heterocycles. The maximum atomic E-state index is 11.3. The van der Waals surface area contributed by atoms with E-state index >= 15 is 0 Å². The van der Waals surface area contributed by atoms with Crippen LogP contribution in [0.25, 0.3) is 0 Å². The Balaban J connectivity index is 2.06. The fraction of sp³-hybridized carbons (Fsp3) is 0.143. The number of hydrogen-bond acceptors (Lipinski definition) is 5. The van der Waals surface area contributed by atoms with Gasteiger partial charge in [-0.3, -0.25) is 0 Å². The van der Waals surface area contributed by atoms with Crippen molar-refractivity contribution in [2.24, 2.45) is 0 Å². The zero-order valence-electron chi connectivity index (χ0n) is 11.1. The number of esters is 1. The first-order chi connectivity index (χ1) is 10.0. The highest BCUT2D eigenvalue weighted by Gasteiger charge is 2.11. The second-order valence-corrected chi connectivity index (χ2v) is 4.55. The number of carboxylic acids is 1. The molecule has 0 atom stereocenters. The third-order valence-corrected chi connectivity index (χ3v) is 3.07. The van der Waals surface area contributed by atoms with Gasteiger partial charge in [0.15, 0.2) is 0 Å². The van der Waals surface area contributed by atoms with Crippen LogP contribution in [-0.4, -0.2) is 24.2 Å². The minimum absolute atomic E-state index is 0.0105. The monoisotopic (exact) mass is 309 g/mol. The summed E-state index contributed by atoms with van der Waals surface area (Å²) in [6.45, 7) is 0.289. The summed E-state index contributed by atoms with van der Waals surface area (Å²) in [4.78, 5) is 22.3. The maximum Gasteiger partial charge on any atom is 0.341 e. The van der Waals surface area contributed by atoms with E-state index in [1.807, 2.05) is 0 Å². The molecule has 0 unspecified atom stereocenters. The lowest BCUT2D eigenvalue weighted by Crippen LogP contribution is -2.02. The van der Waals surface area contributed by atoms with Crippen molar-refractivity contribution in [2.75, 3.05) is 12.4 Å². The van der Waals surface area contributed by atoms with Crippen LogP contribution in [0.15, 0.2) is 34.9 Å². The minimum atomic E-state index is -1.10. The zero-order chi connectivity index (χ0) is 15.4. The highest BCUT2D eigenvalue weighted by atomic mass is 35.5. The Morgan fingerprint density at radius 3 is 2.81 bits per heavy atom. The van der Waals surface area contributed by atoms with Gasteiger partial charge in [-0.1, -0.05) is 11.6 Å². The van der Waals surface area contributed by atoms with Crippen molar-refractivity contribution < 1.29 is 23.8 Å². The van der Waals surface area contributed by atoms with E-state index < -0.39 is 11.9 Å². The van der Waals surface area contributed by atoms with Gasteiger partial charge in [-0.25, -0.2) is 9.59 Å². The molecule has 0 aliphatic heterocycles. The van der Waals surface area contributed by atoms with Crippen molar-refractivity contribution in [1.82, 2.24) is 0 Å². The van der Waals surface area contributed by atoms with Gasteiger partial charge in [0, 0.05) is 5.69 Å². The third kappa shape index (κ3) is 3.55. The predicted octanol–water partition coefficient (Wildman–Crippen LogP) is 3.03. The Labute approximate surface area is 125 Å². The summed E-state index contributed by atoms with van der Waals surface area (Å²) >= 11 is 5.78. The van der Waals surface area contributed by atoms with Gasteiger partial charge in [-0.2, -0.15) is 0 Å². The molecule has 6 nitrogen and oxygen atoms in total. The number of hydrogen-bond donors (Lipinski definition) is 2. The molecule has 0 bridgehead atoms. The van der Waals surface area contributed by atoms with E-state index in [-0.39, 0.29) is 17.1 Å². The Bertz CT molecular complexity index is 680. The molecule has 0 spiro atoms. The number of carboxylic acid groups (broad SMARTS) is 1. The molecule has 0 saturated heterocycles.